The van der Waals surface area contributed by atoms with E-state index in [0.29, 0.717) is 31.1 Å². The number of aliphatic hydroxyl groups is 1. The van der Waals surface area contributed by atoms with Crippen molar-refractivity contribution in [1.29, 1.82) is 0 Å². The second-order valence-electron chi connectivity index (χ2n) is 6.48. The molecular weight excluding hydrogens is 366 g/mol. The molecule has 1 aliphatic rings. The van der Waals surface area contributed by atoms with E-state index in [2.05, 4.69) is 10.3 Å². The quantitative estimate of drug-likeness (QED) is 0.817. The molecule has 1 aromatic carbocycles. The second kappa shape index (κ2) is 8.60. The Bertz CT molecular complexity index is 836. The summed E-state index contributed by atoms with van der Waals surface area (Å²) in [4.78, 5) is 31.3. The third kappa shape index (κ3) is 4.52. The van der Waals surface area contributed by atoms with Crippen molar-refractivity contribution in [2.75, 3.05) is 25.1 Å². The number of aromatic nitrogens is 1. The number of anilines is 1. The molecule has 27 heavy (non-hydrogen) atoms. The number of morpholine rings is 1. The summed E-state index contributed by atoms with van der Waals surface area (Å²) in [6.45, 7) is 4.83. The van der Waals surface area contributed by atoms with E-state index in [-0.39, 0.29) is 30.9 Å². The fourth-order valence-electron chi connectivity index (χ4n) is 3.11. The van der Waals surface area contributed by atoms with Gasteiger partial charge in [-0.25, -0.2) is 4.98 Å². The molecule has 0 radical (unpaired) electrons. The monoisotopic (exact) mass is 389 g/mol. The normalized spacial score (nSPS) is 17.0. The highest BCUT2D eigenvalue weighted by atomic mass is 32.1. The molecule has 0 aliphatic carbocycles. The number of hydrogen-bond acceptors (Lipinski definition) is 6. The van der Waals surface area contributed by atoms with Crippen LogP contribution in [0.2, 0.25) is 0 Å². The number of carbonyl (C=O) groups is 2. The first kappa shape index (κ1) is 19.5. The molecule has 1 aromatic heterocycles. The fourth-order valence-corrected chi connectivity index (χ4v) is 3.69. The van der Waals surface area contributed by atoms with Gasteiger partial charge in [-0.15, -0.1) is 11.3 Å². The van der Waals surface area contributed by atoms with Crippen LogP contribution >= 0.6 is 11.3 Å². The predicted molar refractivity (Wildman–Crippen MR) is 103 cm³/mol. The largest absolute Gasteiger partial charge is 0.392 e. The Kier molecular flexibility index (Phi) is 6.20. The van der Waals surface area contributed by atoms with Gasteiger partial charge in [-0.2, -0.15) is 0 Å². The van der Waals surface area contributed by atoms with Crippen LogP contribution in [0.1, 0.15) is 33.0 Å². The highest BCUT2D eigenvalue weighted by Crippen LogP contribution is 2.21. The number of ether oxygens (including phenoxy) is 1. The molecule has 1 saturated heterocycles. The first-order chi connectivity index (χ1) is 13.0. The van der Waals surface area contributed by atoms with Crippen LogP contribution in [0.5, 0.6) is 0 Å². The number of hydrogen-bond donors (Lipinski definition) is 2. The van der Waals surface area contributed by atoms with Crippen molar-refractivity contribution in [3.63, 3.8) is 0 Å². The molecule has 2 heterocycles. The minimum atomic E-state index is -0.338. The number of nitrogens with one attached hydrogen (secondary N) is 1. The van der Waals surface area contributed by atoms with Gasteiger partial charge in [0.1, 0.15) is 5.69 Å². The van der Waals surface area contributed by atoms with Crippen molar-refractivity contribution in [2.45, 2.75) is 32.9 Å². The van der Waals surface area contributed by atoms with Crippen molar-refractivity contribution in [2.24, 2.45) is 0 Å². The van der Waals surface area contributed by atoms with Crippen molar-refractivity contribution in [1.82, 2.24) is 9.88 Å². The lowest BCUT2D eigenvalue weighted by atomic mass is 10.1. The zero-order chi connectivity index (χ0) is 19.4. The Morgan fingerprint density at radius 2 is 2.22 bits per heavy atom. The summed E-state index contributed by atoms with van der Waals surface area (Å²) in [7, 11) is 0. The Hall–Kier alpha value is -2.29. The summed E-state index contributed by atoms with van der Waals surface area (Å²) in [6.07, 6.45) is 0.137. The first-order valence-corrected chi connectivity index (χ1v) is 9.67. The molecule has 3 rings (SSSR count). The molecule has 1 aliphatic heterocycles. The number of rotatable bonds is 5. The van der Waals surface area contributed by atoms with Crippen molar-refractivity contribution >= 4 is 28.8 Å². The van der Waals surface area contributed by atoms with Crippen molar-refractivity contribution in [3.8, 4) is 0 Å². The van der Waals surface area contributed by atoms with Crippen LogP contribution in [0.3, 0.4) is 0 Å². The molecule has 2 aromatic rings. The zero-order valence-corrected chi connectivity index (χ0v) is 16.2. The first-order valence-electron chi connectivity index (χ1n) is 8.79. The lowest BCUT2D eigenvalue weighted by Gasteiger charge is -2.35. The fraction of sp³-hybridized carbons (Fsp3) is 0.421. The summed E-state index contributed by atoms with van der Waals surface area (Å²) >= 11 is 1.43. The van der Waals surface area contributed by atoms with Crippen molar-refractivity contribution < 1.29 is 19.4 Å². The average molecular weight is 389 g/mol. The van der Waals surface area contributed by atoms with Gasteiger partial charge in [0, 0.05) is 24.0 Å². The van der Waals surface area contributed by atoms with Gasteiger partial charge in [-0.05, 0) is 31.0 Å². The second-order valence-corrected chi connectivity index (χ2v) is 7.54. The molecule has 0 bridgehead atoms. The number of benzene rings is 1. The molecule has 2 amide bonds. The molecule has 7 nitrogen and oxygen atoms in total. The van der Waals surface area contributed by atoms with E-state index in [9.17, 15) is 14.7 Å². The summed E-state index contributed by atoms with van der Waals surface area (Å²) in [6, 6.07) is 5.06. The van der Waals surface area contributed by atoms with E-state index in [1.807, 2.05) is 19.9 Å². The summed E-state index contributed by atoms with van der Waals surface area (Å²) in [5.74, 6) is -0.366. The van der Waals surface area contributed by atoms with E-state index in [1.165, 1.54) is 11.3 Å². The van der Waals surface area contributed by atoms with Gasteiger partial charge in [0.2, 0.25) is 5.91 Å². The number of nitrogens with zero attached hydrogens (tertiary/aromatic N) is 2. The average Bonchev–Trinajstić information content (AvgIpc) is 3.10. The Morgan fingerprint density at radius 1 is 1.41 bits per heavy atom. The van der Waals surface area contributed by atoms with Crippen LogP contribution < -0.4 is 5.32 Å². The van der Waals surface area contributed by atoms with Gasteiger partial charge in [0.15, 0.2) is 0 Å². The summed E-state index contributed by atoms with van der Waals surface area (Å²) in [5, 5.41) is 14.8. The topological polar surface area (TPSA) is 91.8 Å². The maximum atomic E-state index is 12.8. The standard InChI is InChI=1S/C19H23N3O4S/c1-12-14(9-23)4-3-5-16(12)21-18(24)8-15-10-26-7-6-22(15)19(25)17-11-27-13(2)20-17/h3-5,11,15,23H,6-10H2,1-2H3,(H,21,24). The van der Waals surface area contributed by atoms with E-state index < -0.39 is 0 Å². The summed E-state index contributed by atoms with van der Waals surface area (Å²) in [5.41, 5.74) is 2.68. The third-order valence-corrected chi connectivity index (χ3v) is 5.41. The van der Waals surface area contributed by atoms with Crippen LogP contribution in [0.25, 0.3) is 0 Å². The van der Waals surface area contributed by atoms with Crippen LogP contribution in [0, 0.1) is 13.8 Å². The molecule has 1 fully saturated rings. The molecule has 144 valence electrons. The molecule has 8 heteroatoms. The van der Waals surface area contributed by atoms with Gasteiger partial charge in [-0.1, -0.05) is 12.1 Å². The SMILES string of the molecule is Cc1nc(C(=O)N2CCOCC2CC(=O)Nc2cccc(CO)c2C)cs1. The number of aliphatic hydroxyl groups excluding tert-OH is 1. The molecule has 1 unspecified atom stereocenters. The van der Waals surface area contributed by atoms with E-state index in [4.69, 9.17) is 4.74 Å². The van der Waals surface area contributed by atoms with E-state index >= 15 is 0 Å². The van der Waals surface area contributed by atoms with Gasteiger partial charge >= 0.3 is 0 Å². The maximum absolute atomic E-state index is 12.8. The lowest BCUT2D eigenvalue weighted by Crippen LogP contribution is -2.50. The predicted octanol–water partition coefficient (Wildman–Crippen LogP) is 2.12. The van der Waals surface area contributed by atoms with Gasteiger partial charge in [-0.3, -0.25) is 9.59 Å². The maximum Gasteiger partial charge on any atom is 0.273 e. The smallest absolute Gasteiger partial charge is 0.273 e. The van der Waals surface area contributed by atoms with Crippen LogP contribution in [-0.2, 0) is 16.1 Å². The number of carbonyl (C=O) groups excluding carboxylic acids is 2. The van der Waals surface area contributed by atoms with E-state index in [1.54, 1.807) is 22.4 Å². The molecule has 0 saturated carbocycles. The lowest BCUT2D eigenvalue weighted by molar-refractivity contribution is -0.118. The minimum Gasteiger partial charge on any atom is -0.392 e. The minimum absolute atomic E-state index is 0.0820. The van der Waals surface area contributed by atoms with Crippen LogP contribution in [-0.4, -0.2) is 52.6 Å². The molecule has 0 spiro atoms. The van der Waals surface area contributed by atoms with Crippen LogP contribution in [0.15, 0.2) is 23.6 Å². The Balaban J connectivity index is 1.69. The number of amides is 2. The van der Waals surface area contributed by atoms with Gasteiger partial charge < -0.3 is 20.1 Å². The molecule has 1 atom stereocenters. The highest BCUT2D eigenvalue weighted by Gasteiger charge is 2.31. The molecular formula is C19H23N3O4S. The van der Waals surface area contributed by atoms with Gasteiger partial charge in [0.05, 0.1) is 30.9 Å². The molecule has 2 N–H and O–H groups in total. The van der Waals surface area contributed by atoms with Crippen molar-refractivity contribution in [3.05, 3.63) is 45.4 Å². The number of thiazole rings is 1. The zero-order valence-electron chi connectivity index (χ0n) is 15.4. The Labute approximate surface area is 162 Å². The number of aryl methyl sites for hydroxylation is 1. The Morgan fingerprint density at radius 3 is 2.93 bits per heavy atom. The third-order valence-electron chi connectivity index (χ3n) is 4.64. The highest BCUT2D eigenvalue weighted by molar-refractivity contribution is 7.09. The summed E-state index contributed by atoms with van der Waals surface area (Å²) < 4.78 is 5.49. The van der Waals surface area contributed by atoms with E-state index in [0.717, 1.165) is 16.1 Å². The van der Waals surface area contributed by atoms with Crippen LogP contribution in [0.4, 0.5) is 5.69 Å². The van der Waals surface area contributed by atoms with Gasteiger partial charge in [0.25, 0.3) is 5.91 Å².